The maximum atomic E-state index is 13.1. The molecular weight excluding hydrogens is 330 g/mol. The summed E-state index contributed by atoms with van der Waals surface area (Å²) in [4.78, 5) is 21.7. The van der Waals surface area contributed by atoms with Crippen LogP contribution in [0.2, 0.25) is 0 Å². The van der Waals surface area contributed by atoms with Crippen molar-refractivity contribution < 1.29 is 13.9 Å². The number of piperidine rings is 1. The van der Waals surface area contributed by atoms with Crippen molar-refractivity contribution in [1.82, 2.24) is 14.8 Å². The van der Waals surface area contributed by atoms with Gasteiger partial charge in [-0.2, -0.15) is 0 Å². The van der Waals surface area contributed by atoms with Crippen LogP contribution in [0.25, 0.3) is 0 Å². The summed E-state index contributed by atoms with van der Waals surface area (Å²) in [5, 5.41) is 0. The first-order chi connectivity index (χ1) is 12.7. The van der Waals surface area contributed by atoms with Gasteiger partial charge in [-0.1, -0.05) is 6.07 Å². The van der Waals surface area contributed by atoms with Gasteiger partial charge in [-0.25, -0.2) is 0 Å². The van der Waals surface area contributed by atoms with Gasteiger partial charge in [0.05, 0.1) is 24.0 Å². The van der Waals surface area contributed by atoms with Crippen LogP contribution in [0.5, 0.6) is 0 Å². The van der Waals surface area contributed by atoms with Gasteiger partial charge in [0, 0.05) is 51.6 Å². The fourth-order valence-electron chi connectivity index (χ4n) is 4.42. The molecule has 0 N–H and O–H groups in total. The summed E-state index contributed by atoms with van der Waals surface area (Å²) in [7, 11) is 1.78. The van der Waals surface area contributed by atoms with Gasteiger partial charge in [0.1, 0.15) is 5.76 Å². The number of likely N-dealkylation sites (tertiary alicyclic amines) is 2. The second-order valence-electron chi connectivity index (χ2n) is 7.24. The molecule has 0 aromatic carbocycles. The molecule has 6 nitrogen and oxygen atoms in total. The zero-order chi connectivity index (χ0) is 18.1. The minimum atomic E-state index is 0.0732. The summed E-state index contributed by atoms with van der Waals surface area (Å²) in [6.45, 7) is 5.22. The molecule has 2 aromatic heterocycles. The molecule has 4 rings (SSSR count). The molecule has 0 aliphatic carbocycles. The molecule has 2 fully saturated rings. The number of methoxy groups -OCH3 is 1. The molecule has 0 saturated carbocycles. The Labute approximate surface area is 153 Å². The number of carbonyl (C=O) groups is 1. The molecule has 138 valence electrons. The number of furan rings is 1. The molecule has 1 amide bonds. The average Bonchev–Trinajstić information content (AvgIpc) is 3.27. The summed E-state index contributed by atoms with van der Waals surface area (Å²) in [5.74, 6) is 1.09. The lowest BCUT2D eigenvalue weighted by atomic mass is 9.88. The zero-order valence-electron chi connectivity index (χ0n) is 15.3. The molecule has 0 bridgehead atoms. The number of aromatic nitrogens is 1. The van der Waals surface area contributed by atoms with Crippen LogP contribution in [0, 0.1) is 12.8 Å². The predicted molar refractivity (Wildman–Crippen MR) is 96.7 cm³/mol. The average molecular weight is 355 g/mol. The maximum absolute atomic E-state index is 13.1. The summed E-state index contributed by atoms with van der Waals surface area (Å²) in [6.07, 6.45) is 6.37. The molecule has 2 aromatic rings. The van der Waals surface area contributed by atoms with Gasteiger partial charge < -0.3 is 14.1 Å². The second kappa shape index (κ2) is 7.21. The van der Waals surface area contributed by atoms with Crippen LogP contribution in [0.3, 0.4) is 0 Å². The van der Waals surface area contributed by atoms with E-state index in [0.29, 0.717) is 17.2 Å². The minimum Gasteiger partial charge on any atom is -0.469 e. The number of aryl methyl sites for hydroxylation is 1. The Morgan fingerprint density at radius 1 is 1.38 bits per heavy atom. The van der Waals surface area contributed by atoms with Crippen molar-refractivity contribution in [3.63, 3.8) is 0 Å². The summed E-state index contributed by atoms with van der Waals surface area (Å²) in [5.41, 5.74) is 1.87. The molecule has 2 aliphatic rings. The molecular formula is C20H25N3O3. The Morgan fingerprint density at radius 2 is 2.27 bits per heavy atom. The Bertz CT molecular complexity index is 761. The summed E-state index contributed by atoms with van der Waals surface area (Å²) in [6, 6.07) is 6.01. The fraction of sp³-hybridized carbons (Fsp3) is 0.500. The monoisotopic (exact) mass is 355 g/mol. The van der Waals surface area contributed by atoms with E-state index >= 15 is 0 Å². The number of fused-ring (bicyclic) bond motifs is 1. The lowest BCUT2D eigenvalue weighted by Gasteiger charge is -2.41. The van der Waals surface area contributed by atoms with E-state index in [4.69, 9.17) is 9.15 Å². The first-order valence-electron chi connectivity index (χ1n) is 9.16. The minimum absolute atomic E-state index is 0.0732. The Morgan fingerprint density at radius 3 is 2.96 bits per heavy atom. The molecule has 2 saturated heterocycles. The van der Waals surface area contributed by atoms with Crippen LogP contribution >= 0.6 is 0 Å². The van der Waals surface area contributed by atoms with E-state index in [1.807, 2.05) is 24.1 Å². The van der Waals surface area contributed by atoms with Gasteiger partial charge >= 0.3 is 0 Å². The van der Waals surface area contributed by atoms with Crippen molar-refractivity contribution in [3.05, 3.63) is 53.7 Å². The standard InChI is InChI=1S/C20H25N3O3/c1-14-16(6-9-26-14)20(24)23-8-5-19(25-2)17-12-22(13-18(17)23)11-15-4-3-7-21-10-15/h3-4,6-7,9-10,17-19H,5,8,11-13H2,1-2H3/t17-,18+,19+/m0/s1. The Hall–Kier alpha value is -2.18. The van der Waals surface area contributed by atoms with E-state index in [9.17, 15) is 4.79 Å². The van der Waals surface area contributed by atoms with Crippen LogP contribution in [0.1, 0.15) is 28.1 Å². The van der Waals surface area contributed by atoms with Crippen molar-refractivity contribution in [2.24, 2.45) is 5.92 Å². The van der Waals surface area contributed by atoms with Gasteiger partial charge in [-0.3, -0.25) is 14.7 Å². The van der Waals surface area contributed by atoms with E-state index in [-0.39, 0.29) is 18.1 Å². The Balaban J connectivity index is 1.54. The number of pyridine rings is 1. The quantitative estimate of drug-likeness (QED) is 0.843. The summed E-state index contributed by atoms with van der Waals surface area (Å²) >= 11 is 0. The molecule has 0 spiro atoms. The highest BCUT2D eigenvalue weighted by molar-refractivity contribution is 5.95. The molecule has 26 heavy (non-hydrogen) atoms. The third kappa shape index (κ3) is 3.15. The van der Waals surface area contributed by atoms with E-state index < -0.39 is 0 Å². The number of hydrogen-bond donors (Lipinski definition) is 0. The maximum Gasteiger partial charge on any atom is 0.257 e. The number of hydrogen-bond acceptors (Lipinski definition) is 5. The molecule has 0 unspecified atom stereocenters. The van der Waals surface area contributed by atoms with Gasteiger partial charge in [0.15, 0.2) is 0 Å². The number of rotatable bonds is 4. The van der Waals surface area contributed by atoms with Crippen LogP contribution in [0.15, 0.2) is 41.3 Å². The third-order valence-electron chi connectivity index (χ3n) is 5.72. The number of carbonyl (C=O) groups excluding carboxylic acids is 1. The highest BCUT2D eigenvalue weighted by Gasteiger charge is 2.46. The normalized spacial score (nSPS) is 26.1. The van der Waals surface area contributed by atoms with Gasteiger partial charge in [-0.05, 0) is 31.0 Å². The predicted octanol–water partition coefficient (Wildman–Crippen LogP) is 2.34. The van der Waals surface area contributed by atoms with E-state index in [0.717, 1.165) is 32.6 Å². The topological polar surface area (TPSA) is 58.8 Å². The van der Waals surface area contributed by atoms with Crippen LogP contribution < -0.4 is 0 Å². The Kier molecular flexibility index (Phi) is 4.78. The first-order valence-corrected chi connectivity index (χ1v) is 9.16. The number of nitrogens with zero attached hydrogens (tertiary/aromatic N) is 3. The smallest absolute Gasteiger partial charge is 0.257 e. The fourth-order valence-corrected chi connectivity index (χ4v) is 4.42. The third-order valence-corrected chi connectivity index (χ3v) is 5.72. The SMILES string of the molecule is CO[C@@H]1CCN(C(=O)c2ccoc2C)[C@@H]2CN(Cc3cccnc3)C[C@@H]21. The van der Waals surface area contributed by atoms with Crippen LogP contribution in [0.4, 0.5) is 0 Å². The van der Waals surface area contributed by atoms with E-state index in [1.165, 1.54) is 5.56 Å². The van der Waals surface area contributed by atoms with Crippen molar-refractivity contribution in [1.29, 1.82) is 0 Å². The molecule has 3 atom stereocenters. The second-order valence-corrected chi connectivity index (χ2v) is 7.24. The largest absolute Gasteiger partial charge is 0.469 e. The summed E-state index contributed by atoms with van der Waals surface area (Å²) < 4.78 is 11.1. The molecule has 2 aliphatic heterocycles. The van der Waals surface area contributed by atoms with Crippen LogP contribution in [-0.2, 0) is 11.3 Å². The van der Waals surface area contributed by atoms with Crippen LogP contribution in [-0.4, -0.2) is 59.6 Å². The van der Waals surface area contributed by atoms with Crippen molar-refractivity contribution in [2.75, 3.05) is 26.7 Å². The number of ether oxygens (including phenoxy) is 1. The molecule has 4 heterocycles. The zero-order valence-corrected chi connectivity index (χ0v) is 15.3. The highest BCUT2D eigenvalue weighted by Crippen LogP contribution is 2.34. The van der Waals surface area contributed by atoms with Gasteiger partial charge in [-0.15, -0.1) is 0 Å². The first kappa shape index (κ1) is 17.2. The van der Waals surface area contributed by atoms with Crippen molar-refractivity contribution in [2.45, 2.75) is 32.0 Å². The molecule has 6 heteroatoms. The molecule has 0 radical (unpaired) electrons. The van der Waals surface area contributed by atoms with E-state index in [1.54, 1.807) is 25.6 Å². The lowest BCUT2D eigenvalue weighted by molar-refractivity contribution is -0.0157. The van der Waals surface area contributed by atoms with Gasteiger partial charge in [0.25, 0.3) is 5.91 Å². The van der Waals surface area contributed by atoms with Gasteiger partial charge in [0.2, 0.25) is 0 Å². The van der Waals surface area contributed by atoms with E-state index in [2.05, 4.69) is 16.0 Å². The van der Waals surface area contributed by atoms with Crippen molar-refractivity contribution in [3.8, 4) is 0 Å². The lowest BCUT2D eigenvalue weighted by Crippen LogP contribution is -2.53. The van der Waals surface area contributed by atoms with Crippen molar-refractivity contribution >= 4 is 5.91 Å². The number of amides is 1. The highest BCUT2D eigenvalue weighted by atomic mass is 16.5.